The van der Waals surface area contributed by atoms with Crippen LogP contribution in [0.4, 0.5) is 0 Å². The zero-order valence-corrected chi connectivity index (χ0v) is 10.6. The predicted molar refractivity (Wildman–Crippen MR) is 67.9 cm³/mol. The number of benzene rings is 1. The summed E-state index contributed by atoms with van der Waals surface area (Å²) in [5, 5.41) is 0. The van der Waals surface area contributed by atoms with E-state index in [0.717, 1.165) is 24.5 Å². The third-order valence-corrected chi connectivity index (χ3v) is 3.31. The van der Waals surface area contributed by atoms with Gasteiger partial charge in [-0.05, 0) is 12.1 Å². The minimum atomic E-state index is 0.782. The number of hydrogen-bond acceptors (Lipinski definition) is 2. The highest BCUT2D eigenvalue weighted by Gasteiger charge is 2.14. The molecule has 0 spiro atoms. The minimum absolute atomic E-state index is 0.782. The van der Waals surface area contributed by atoms with E-state index in [2.05, 4.69) is 0 Å². The van der Waals surface area contributed by atoms with E-state index in [-0.39, 0.29) is 0 Å². The van der Waals surface area contributed by atoms with Crippen LogP contribution in [0, 0.1) is 0 Å². The second-order valence-electron chi connectivity index (χ2n) is 4.56. The van der Waals surface area contributed by atoms with Crippen molar-refractivity contribution in [2.45, 2.75) is 19.3 Å². The Morgan fingerprint density at radius 1 is 1.12 bits per heavy atom. The number of rotatable bonds is 6. The lowest BCUT2D eigenvalue weighted by molar-refractivity contribution is -0.887. The maximum Gasteiger partial charge on any atom is 0.161 e. The van der Waals surface area contributed by atoms with Gasteiger partial charge in [0, 0.05) is 19.3 Å². The lowest BCUT2D eigenvalue weighted by Crippen LogP contribution is -3.10. The van der Waals surface area contributed by atoms with E-state index in [1.807, 2.05) is 24.3 Å². The maximum atomic E-state index is 5.75. The molecule has 3 nitrogen and oxygen atoms in total. The lowest BCUT2D eigenvalue weighted by atomic mass is 10.3. The van der Waals surface area contributed by atoms with Gasteiger partial charge in [-0.25, -0.2) is 0 Å². The fraction of sp³-hybridized carbons (Fsp3) is 0.571. The molecule has 0 bridgehead atoms. The summed E-state index contributed by atoms with van der Waals surface area (Å²) in [6.45, 7) is 4.70. The van der Waals surface area contributed by atoms with Crippen LogP contribution in [0.15, 0.2) is 24.3 Å². The first-order valence-corrected chi connectivity index (χ1v) is 6.49. The third kappa shape index (κ3) is 3.63. The van der Waals surface area contributed by atoms with Crippen LogP contribution in [0.3, 0.4) is 0 Å². The molecule has 1 heterocycles. The molecule has 1 N–H and O–H groups in total. The number of nitrogens with one attached hydrogen (secondary N) is 1. The molecule has 0 atom stereocenters. The molecule has 0 saturated carbocycles. The normalized spacial score (nSPS) is 16.1. The Kier molecular flexibility index (Phi) is 4.68. The highest BCUT2D eigenvalue weighted by Crippen LogP contribution is 2.25. The summed E-state index contributed by atoms with van der Waals surface area (Å²) in [6.07, 6.45) is 3.90. The zero-order valence-electron chi connectivity index (χ0n) is 10.6. The van der Waals surface area contributed by atoms with Crippen LogP contribution in [0.2, 0.25) is 0 Å². The van der Waals surface area contributed by atoms with Crippen LogP contribution in [-0.4, -0.2) is 33.4 Å². The molecule has 3 heteroatoms. The minimum Gasteiger partial charge on any atom is -0.493 e. The monoisotopic (exact) mass is 236 g/mol. The Balaban J connectivity index is 1.70. The molecule has 17 heavy (non-hydrogen) atoms. The van der Waals surface area contributed by atoms with Crippen LogP contribution in [-0.2, 0) is 0 Å². The van der Waals surface area contributed by atoms with Crippen LogP contribution >= 0.6 is 0 Å². The van der Waals surface area contributed by atoms with Crippen LogP contribution in [0.25, 0.3) is 0 Å². The molecule has 0 amide bonds. The molecule has 1 aliphatic heterocycles. The fourth-order valence-electron chi connectivity index (χ4n) is 2.37. The van der Waals surface area contributed by atoms with Crippen molar-refractivity contribution in [1.82, 2.24) is 0 Å². The first-order chi connectivity index (χ1) is 8.40. The lowest BCUT2D eigenvalue weighted by Gasteiger charge is -2.13. The molecule has 1 aliphatic rings. The average molecular weight is 236 g/mol. The number of methoxy groups -OCH3 is 1. The number of ether oxygens (including phenoxy) is 2. The van der Waals surface area contributed by atoms with Gasteiger partial charge in [-0.15, -0.1) is 0 Å². The van der Waals surface area contributed by atoms with Crippen LogP contribution in [0.1, 0.15) is 19.3 Å². The molecule has 0 unspecified atom stereocenters. The van der Waals surface area contributed by atoms with Gasteiger partial charge < -0.3 is 14.4 Å². The van der Waals surface area contributed by atoms with Crippen molar-refractivity contribution in [2.75, 3.05) is 33.4 Å². The van der Waals surface area contributed by atoms with E-state index in [1.54, 1.807) is 12.0 Å². The number of hydrogen-bond donors (Lipinski definition) is 1. The van der Waals surface area contributed by atoms with Crippen LogP contribution in [0.5, 0.6) is 11.5 Å². The molecule has 1 aromatic carbocycles. The van der Waals surface area contributed by atoms with Gasteiger partial charge in [0.1, 0.15) is 0 Å². The predicted octanol–water partition coefficient (Wildman–Crippen LogP) is 1.14. The summed E-state index contributed by atoms with van der Waals surface area (Å²) in [5.41, 5.74) is 0. The van der Waals surface area contributed by atoms with Crippen molar-refractivity contribution < 1.29 is 14.4 Å². The van der Waals surface area contributed by atoms with E-state index < -0.39 is 0 Å². The van der Waals surface area contributed by atoms with Gasteiger partial charge in [-0.2, -0.15) is 0 Å². The SMILES string of the molecule is COc1ccccc1OCCC[NH+]1CCCC1. The van der Waals surface area contributed by atoms with Crippen molar-refractivity contribution in [1.29, 1.82) is 0 Å². The Hall–Kier alpha value is -1.22. The van der Waals surface area contributed by atoms with Crippen molar-refractivity contribution in [3.05, 3.63) is 24.3 Å². The quantitative estimate of drug-likeness (QED) is 0.749. The Bertz CT molecular complexity index is 335. The summed E-state index contributed by atoms with van der Waals surface area (Å²) in [6, 6.07) is 7.83. The third-order valence-electron chi connectivity index (χ3n) is 3.31. The Morgan fingerprint density at radius 2 is 1.82 bits per heavy atom. The van der Waals surface area contributed by atoms with Gasteiger partial charge in [-0.3, -0.25) is 0 Å². The van der Waals surface area contributed by atoms with E-state index in [4.69, 9.17) is 9.47 Å². The average Bonchev–Trinajstić information content (AvgIpc) is 2.88. The highest BCUT2D eigenvalue weighted by molar-refractivity contribution is 5.39. The number of likely N-dealkylation sites (tertiary alicyclic amines) is 1. The highest BCUT2D eigenvalue weighted by atomic mass is 16.5. The van der Waals surface area contributed by atoms with Gasteiger partial charge >= 0.3 is 0 Å². The first kappa shape index (κ1) is 12.2. The van der Waals surface area contributed by atoms with Gasteiger partial charge in [0.15, 0.2) is 11.5 Å². The maximum absolute atomic E-state index is 5.75. The molecule has 0 aliphatic carbocycles. The van der Waals surface area contributed by atoms with E-state index in [9.17, 15) is 0 Å². The van der Waals surface area contributed by atoms with Crippen LogP contribution < -0.4 is 14.4 Å². The molecule has 94 valence electrons. The standard InChI is InChI=1S/C14H21NO2/c1-16-13-7-2-3-8-14(13)17-12-6-11-15-9-4-5-10-15/h2-3,7-8H,4-6,9-12H2,1H3/p+1. The molecule has 1 aromatic rings. The molecular formula is C14H22NO2+. The summed E-state index contributed by atoms with van der Waals surface area (Å²) < 4.78 is 11.0. The molecular weight excluding hydrogens is 214 g/mol. The molecule has 0 radical (unpaired) electrons. The van der Waals surface area contributed by atoms with Gasteiger partial charge in [0.05, 0.1) is 33.4 Å². The molecule has 1 saturated heterocycles. The molecule has 1 fully saturated rings. The Labute approximate surface area is 103 Å². The summed E-state index contributed by atoms with van der Waals surface area (Å²) in [4.78, 5) is 1.73. The van der Waals surface area contributed by atoms with Gasteiger partial charge in [0.25, 0.3) is 0 Å². The summed E-state index contributed by atoms with van der Waals surface area (Å²) >= 11 is 0. The number of para-hydroxylation sites is 2. The van der Waals surface area contributed by atoms with Crippen molar-refractivity contribution in [3.8, 4) is 11.5 Å². The summed E-state index contributed by atoms with van der Waals surface area (Å²) in [5.74, 6) is 1.67. The second-order valence-corrected chi connectivity index (χ2v) is 4.56. The largest absolute Gasteiger partial charge is 0.493 e. The topological polar surface area (TPSA) is 22.9 Å². The molecule has 0 aromatic heterocycles. The van der Waals surface area contributed by atoms with E-state index in [0.29, 0.717) is 0 Å². The first-order valence-electron chi connectivity index (χ1n) is 6.49. The van der Waals surface area contributed by atoms with E-state index in [1.165, 1.54) is 32.5 Å². The smallest absolute Gasteiger partial charge is 0.161 e. The summed E-state index contributed by atoms with van der Waals surface area (Å²) in [7, 11) is 1.68. The Morgan fingerprint density at radius 3 is 2.53 bits per heavy atom. The van der Waals surface area contributed by atoms with E-state index >= 15 is 0 Å². The number of quaternary nitrogens is 1. The van der Waals surface area contributed by atoms with Gasteiger partial charge in [0.2, 0.25) is 0 Å². The zero-order chi connectivity index (χ0) is 11.9. The molecule has 2 rings (SSSR count). The second kappa shape index (κ2) is 6.50. The fourth-order valence-corrected chi connectivity index (χ4v) is 2.37. The van der Waals surface area contributed by atoms with Crippen molar-refractivity contribution in [3.63, 3.8) is 0 Å². The van der Waals surface area contributed by atoms with Gasteiger partial charge in [-0.1, -0.05) is 12.1 Å². The van der Waals surface area contributed by atoms with Crippen molar-refractivity contribution >= 4 is 0 Å². The van der Waals surface area contributed by atoms with Crippen molar-refractivity contribution in [2.24, 2.45) is 0 Å².